The van der Waals surface area contributed by atoms with Crippen LogP contribution in [-0.2, 0) is 0 Å². The maximum atomic E-state index is 13.9. The van der Waals surface area contributed by atoms with Gasteiger partial charge in [0.15, 0.2) is 11.6 Å². The van der Waals surface area contributed by atoms with Gasteiger partial charge < -0.3 is 5.32 Å². The van der Waals surface area contributed by atoms with Gasteiger partial charge in [-0.2, -0.15) is 5.26 Å². The van der Waals surface area contributed by atoms with E-state index >= 15 is 0 Å². The first-order valence-corrected chi connectivity index (χ1v) is 8.02. The van der Waals surface area contributed by atoms with Gasteiger partial charge in [0.2, 0.25) is 0 Å². The summed E-state index contributed by atoms with van der Waals surface area (Å²) in [6.45, 7) is 3.35. The minimum absolute atomic E-state index is 0.137. The second-order valence-electron chi connectivity index (χ2n) is 5.71. The molecule has 2 atom stereocenters. The zero-order valence-corrected chi connectivity index (χ0v) is 14.5. The monoisotopic (exact) mass is 358 g/mol. The zero-order valence-electron chi connectivity index (χ0n) is 13.7. The van der Waals surface area contributed by atoms with Crippen molar-refractivity contribution in [2.45, 2.75) is 19.9 Å². The van der Waals surface area contributed by atoms with Crippen LogP contribution in [-0.4, -0.2) is 17.7 Å². The molecule has 0 bridgehead atoms. The van der Waals surface area contributed by atoms with Gasteiger partial charge in [0.1, 0.15) is 0 Å². The second-order valence-corrected chi connectivity index (χ2v) is 6.11. The molecule has 0 heterocycles. The van der Waals surface area contributed by atoms with E-state index in [1.54, 1.807) is 38.1 Å². The van der Waals surface area contributed by atoms with Gasteiger partial charge in [-0.3, -0.25) is 9.59 Å². The third-order valence-corrected chi connectivity index (χ3v) is 4.31. The van der Waals surface area contributed by atoms with Crippen LogP contribution in [0.1, 0.15) is 40.1 Å². The molecule has 6 heteroatoms. The summed E-state index contributed by atoms with van der Waals surface area (Å²) in [5.74, 6) is -2.13. The highest BCUT2D eigenvalue weighted by atomic mass is 35.5. The number of hydrogen-bond donors (Lipinski definition) is 1. The average Bonchev–Trinajstić information content (AvgIpc) is 2.62. The summed E-state index contributed by atoms with van der Waals surface area (Å²) in [7, 11) is 0. The molecule has 2 aromatic carbocycles. The Kier molecular flexibility index (Phi) is 5.89. The predicted molar refractivity (Wildman–Crippen MR) is 93.0 cm³/mol. The van der Waals surface area contributed by atoms with Crippen molar-refractivity contribution < 1.29 is 14.0 Å². The fourth-order valence-electron chi connectivity index (χ4n) is 2.29. The number of ketones is 1. The number of nitrogens with zero attached hydrogens (tertiary/aromatic N) is 1. The number of benzene rings is 2. The van der Waals surface area contributed by atoms with Crippen LogP contribution >= 0.6 is 11.6 Å². The summed E-state index contributed by atoms with van der Waals surface area (Å²) in [5.41, 5.74) is 0.737. The predicted octanol–water partition coefficient (Wildman–Crippen LogP) is 3.99. The number of halogens is 2. The summed E-state index contributed by atoms with van der Waals surface area (Å²) in [6, 6.07) is 11.9. The van der Waals surface area contributed by atoms with E-state index in [0.29, 0.717) is 11.1 Å². The number of amides is 1. The lowest BCUT2D eigenvalue weighted by atomic mass is 9.92. The highest BCUT2D eigenvalue weighted by Crippen LogP contribution is 2.19. The Labute approximate surface area is 150 Å². The highest BCUT2D eigenvalue weighted by Gasteiger charge is 2.24. The van der Waals surface area contributed by atoms with Gasteiger partial charge in [0, 0.05) is 17.5 Å². The summed E-state index contributed by atoms with van der Waals surface area (Å²) < 4.78 is 13.9. The molecule has 0 spiro atoms. The fourth-order valence-corrected chi connectivity index (χ4v) is 2.46. The van der Waals surface area contributed by atoms with Crippen molar-refractivity contribution in [2.75, 3.05) is 0 Å². The summed E-state index contributed by atoms with van der Waals surface area (Å²) >= 11 is 5.68. The van der Waals surface area contributed by atoms with Crippen LogP contribution in [0.3, 0.4) is 0 Å². The van der Waals surface area contributed by atoms with Crippen LogP contribution in [0.5, 0.6) is 0 Å². The topological polar surface area (TPSA) is 70.0 Å². The lowest BCUT2D eigenvalue weighted by Crippen LogP contribution is -2.40. The van der Waals surface area contributed by atoms with Crippen molar-refractivity contribution in [3.05, 3.63) is 70.0 Å². The molecule has 0 saturated heterocycles. The Hall–Kier alpha value is -2.71. The molecule has 2 unspecified atom stereocenters. The SMILES string of the molecule is CC(NC(=O)c1cccc(Cl)c1F)C(C)C(=O)c1ccc(C#N)cc1. The molecule has 1 amide bonds. The van der Waals surface area contributed by atoms with E-state index in [1.165, 1.54) is 18.2 Å². The number of hydrogen-bond acceptors (Lipinski definition) is 3. The minimum atomic E-state index is -0.792. The van der Waals surface area contributed by atoms with E-state index in [0.717, 1.165) is 0 Å². The zero-order chi connectivity index (χ0) is 18.6. The van der Waals surface area contributed by atoms with Gasteiger partial charge >= 0.3 is 0 Å². The molecule has 2 aromatic rings. The fraction of sp³-hybridized carbons (Fsp3) is 0.211. The number of nitriles is 1. The Morgan fingerprint density at radius 3 is 2.40 bits per heavy atom. The van der Waals surface area contributed by atoms with Gasteiger partial charge in [0.05, 0.1) is 22.2 Å². The summed E-state index contributed by atoms with van der Waals surface area (Å²) in [4.78, 5) is 24.7. The van der Waals surface area contributed by atoms with E-state index in [9.17, 15) is 14.0 Å². The van der Waals surface area contributed by atoms with Crippen molar-refractivity contribution in [3.8, 4) is 6.07 Å². The minimum Gasteiger partial charge on any atom is -0.349 e. The third kappa shape index (κ3) is 4.23. The van der Waals surface area contributed by atoms with Gasteiger partial charge in [-0.1, -0.05) is 36.7 Å². The Morgan fingerprint density at radius 1 is 1.16 bits per heavy atom. The van der Waals surface area contributed by atoms with Crippen molar-refractivity contribution in [1.29, 1.82) is 5.26 Å². The van der Waals surface area contributed by atoms with Crippen molar-refractivity contribution >= 4 is 23.3 Å². The van der Waals surface area contributed by atoms with Gasteiger partial charge in [-0.05, 0) is 31.2 Å². The molecule has 0 aromatic heterocycles. The summed E-state index contributed by atoms with van der Waals surface area (Å²) in [5, 5.41) is 11.3. The molecule has 0 radical (unpaired) electrons. The molecule has 2 rings (SSSR count). The Morgan fingerprint density at radius 2 is 1.80 bits per heavy atom. The average molecular weight is 359 g/mol. The largest absolute Gasteiger partial charge is 0.349 e. The molecule has 1 N–H and O–H groups in total. The molecular formula is C19H16ClFN2O2. The lowest BCUT2D eigenvalue weighted by Gasteiger charge is -2.20. The molecule has 0 saturated carbocycles. The van der Waals surface area contributed by atoms with Crippen molar-refractivity contribution in [1.82, 2.24) is 5.32 Å². The first-order chi connectivity index (χ1) is 11.8. The first kappa shape index (κ1) is 18.6. The molecule has 128 valence electrons. The van der Waals surface area contributed by atoms with Gasteiger partial charge in [0.25, 0.3) is 5.91 Å². The lowest BCUT2D eigenvalue weighted by molar-refractivity contribution is 0.0867. The van der Waals surface area contributed by atoms with Gasteiger partial charge in [-0.25, -0.2) is 4.39 Å². The number of carbonyl (C=O) groups is 2. The maximum absolute atomic E-state index is 13.9. The van der Waals surface area contributed by atoms with Crippen molar-refractivity contribution in [2.24, 2.45) is 5.92 Å². The first-order valence-electron chi connectivity index (χ1n) is 7.64. The van der Waals surface area contributed by atoms with E-state index in [2.05, 4.69) is 5.32 Å². The van der Waals surface area contributed by atoms with Crippen LogP contribution < -0.4 is 5.32 Å². The van der Waals surface area contributed by atoms with Crippen LogP contribution in [0.25, 0.3) is 0 Å². The third-order valence-electron chi connectivity index (χ3n) is 4.02. The normalized spacial score (nSPS) is 12.8. The number of rotatable bonds is 5. The number of carbonyl (C=O) groups excluding carboxylic acids is 2. The molecular weight excluding hydrogens is 343 g/mol. The standard InChI is InChI=1S/C19H16ClFN2O2/c1-11(18(24)14-8-6-13(10-22)7-9-14)12(2)23-19(25)15-4-3-5-16(20)17(15)21/h3-9,11-12H,1-2H3,(H,23,25). The highest BCUT2D eigenvalue weighted by molar-refractivity contribution is 6.31. The molecule has 25 heavy (non-hydrogen) atoms. The number of nitrogens with one attached hydrogen (secondary N) is 1. The molecule has 0 aliphatic carbocycles. The van der Waals surface area contributed by atoms with Crippen molar-refractivity contribution in [3.63, 3.8) is 0 Å². The van der Waals surface area contributed by atoms with E-state index in [4.69, 9.17) is 16.9 Å². The van der Waals surface area contributed by atoms with Gasteiger partial charge in [-0.15, -0.1) is 0 Å². The second kappa shape index (κ2) is 7.91. The van der Waals surface area contributed by atoms with E-state index in [-0.39, 0.29) is 16.4 Å². The van der Waals surface area contributed by atoms with Crippen LogP contribution in [0.4, 0.5) is 4.39 Å². The van der Waals surface area contributed by atoms with E-state index in [1.807, 2.05) is 6.07 Å². The summed E-state index contributed by atoms with van der Waals surface area (Å²) in [6.07, 6.45) is 0. The van der Waals surface area contributed by atoms with Crippen LogP contribution in [0.15, 0.2) is 42.5 Å². The smallest absolute Gasteiger partial charge is 0.254 e. The van der Waals surface area contributed by atoms with Crippen LogP contribution in [0, 0.1) is 23.1 Å². The van der Waals surface area contributed by atoms with E-state index < -0.39 is 23.7 Å². The maximum Gasteiger partial charge on any atom is 0.254 e. The number of Topliss-reactive ketones (excluding diaryl/α,β-unsaturated/α-hetero) is 1. The Balaban J connectivity index is 2.09. The molecule has 0 aliphatic heterocycles. The molecule has 4 nitrogen and oxygen atoms in total. The van der Waals surface area contributed by atoms with Crippen LogP contribution in [0.2, 0.25) is 5.02 Å². The Bertz CT molecular complexity index is 843. The molecule has 0 aliphatic rings. The molecule has 0 fully saturated rings. The quantitative estimate of drug-likeness (QED) is 0.821.